The number of alkyl halides is 7. The van der Waals surface area contributed by atoms with E-state index in [2.05, 4.69) is 10.1 Å². The van der Waals surface area contributed by atoms with Gasteiger partial charge in [0.15, 0.2) is 6.10 Å². The van der Waals surface area contributed by atoms with E-state index in [4.69, 9.17) is 4.74 Å². The predicted molar refractivity (Wildman–Crippen MR) is 130 cm³/mol. The van der Waals surface area contributed by atoms with Crippen molar-refractivity contribution in [3.63, 3.8) is 0 Å². The molecule has 0 radical (unpaired) electrons. The average molecular weight is 558 g/mol. The summed E-state index contributed by atoms with van der Waals surface area (Å²) in [5, 5.41) is 12.1. The number of hydrogen-bond donors (Lipinski definition) is 2. The van der Waals surface area contributed by atoms with Crippen LogP contribution in [0.5, 0.6) is 17.2 Å². The van der Waals surface area contributed by atoms with Gasteiger partial charge in [-0.2, -0.15) is 30.7 Å². The molecule has 0 saturated carbocycles. The first-order chi connectivity index (χ1) is 18.4. The number of rotatable bonds is 10. The van der Waals surface area contributed by atoms with Crippen LogP contribution in [0.15, 0.2) is 66.7 Å². The lowest BCUT2D eigenvalue weighted by Crippen LogP contribution is -2.40. The van der Waals surface area contributed by atoms with Gasteiger partial charge in [0.25, 0.3) is 0 Å². The van der Waals surface area contributed by atoms with Gasteiger partial charge in [-0.25, -0.2) is 0 Å². The van der Waals surface area contributed by atoms with E-state index >= 15 is 0 Å². The van der Waals surface area contributed by atoms with Gasteiger partial charge in [0, 0.05) is 6.54 Å². The summed E-state index contributed by atoms with van der Waals surface area (Å²) in [7, 11) is 0. The number of benzene rings is 3. The van der Waals surface area contributed by atoms with E-state index in [0.29, 0.717) is 17.1 Å². The predicted octanol–water partition coefficient (Wildman–Crippen LogP) is 7.20. The summed E-state index contributed by atoms with van der Waals surface area (Å²) in [5.41, 5.74) is 2.96. The van der Waals surface area contributed by atoms with E-state index in [-0.39, 0.29) is 5.56 Å². The standard InChI is InChI=1S/C28H26F7NO3/c29-26(30)28(34,35)39-23-10-4-8-20(15-23)25(36-16-24(37)27(31,32)33)19-7-3-9-21(14-19)38-22-12-11-17-5-1-2-6-18(17)13-22/h3-4,7-15,24-26,36-37H,1-2,5-6,16H2. The average Bonchev–Trinajstić information content (AvgIpc) is 2.88. The lowest BCUT2D eigenvalue weighted by Gasteiger charge is -2.24. The van der Waals surface area contributed by atoms with Crippen LogP contribution < -0.4 is 14.8 Å². The summed E-state index contributed by atoms with van der Waals surface area (Å²) in [6.45, 7) is -0.928. The van der Waals surface area contributed by atoms with Crippen molar-refractivity contribution in [3.8, 4) is 17.2 Å². The van der Waals surface area contributed by atoms with Crippen LogP contribution in [0.25, 0.3) is 0 Å². The minimum atomic E-state index is -4.90. The minimum Gasteiger partial charge on any atom is -0.457 e. The van der Waals surface area contributed by atoms with E-state index in [0.717, 1.165) is 37.8 Å². The van der Waals surface area contributed by atoms with E-state index < -0.39 is 43.2 Å². The highest BCUT2D eigenvalue weighted by atomic mass is 19.4. The van der Waals surface area contributed by atoms with Gasteiger partial charge >= 0.3 is 18.7 Å². The Hall–Kier alpha value is -3.31. The van der Waals surface area contributed by atoms with Gasteiger partial charge in [-0.05, 0) is 84.3 Å². The van der Waals surface area contributed by atoms with Gasteiger partial charge in [0.05, 0.1) is 6.04 Å². The fourth-order valence-electron chi connectivity index (χ4n) is 4.40. The number of hydrogen-bond acceptors (Lipinski definition) is 4. The summed E-state index contributed by atoms with van der Waals surface area (Å²) in [4.78, 5) is 0. The van der Waals surface area contributed by atoms with Crippen molar-refractivity contribution < 1.29 is 45.3 Å². The maximum atomic E-state index is 13.5. The third-order valence-electron chi connectivity index (χ3n) is 6.34. The molecule has 39 heavy (non-hydrogen) atoms. The number of fused-ring (bicyclic) bond motifs is 1. The second kappa shape index (κ2) is 11.8. The highest BCUT2D eigenvalue weighted by molar-refractivity contribution is 5.43. The Morgan fingerprint density at radius 2 is 1.36 bits per heavy atom. The summed E-state index contributed by atoms with van der Waals surface area (Å²) in [6.07, 6.45) is -12.3. The first-order valence-electron chi connectivity index (χ1n) is 12.2. The van der Waals surface area contributed by atoms with Crippen LogP contribution in [0.2, 0.25) is 0 Å². The Bertz CT molecular complexity index is 1270. The number of aliphatic hydroxyl groups is 1. The zero-order chi connectivity index (χ0) is 28.2. The second-order valence-electron chi connectivity index (χ2n) is 9.25. The summed E-state index contributed by atoms with van der Waals surface area (Å²) in [5.74, 6) is 0.333. The quantitative estimate of drug-likeness (QED) is 0.259. The van der Waals surface area contributed by atoms with Crippen LogP contribution in [0.1, 0.15) is 41.1 Å². The van der Waals surface area contributed by atoms with Crippen molar-refractivity contribution in [2.45, 2.75) is 56.5 Å². The Balaban J connectivity index is 1.62. The number of nitrogens with one attached hydrogen (secondary N) is 1. The molecule has 1 aliphatic rings. The smallest absolute Gasteiger partial charge is 0.457 e. The van der Waals surface area contributed by atoms with Gasteiger partial charge in [-0.3, -0.25) is 0 Å². The van der Waals surface area contributed by atoms with Gasteiger partial charge in [0.1, 0.15) is 17.2 Å². The fourth-order valence-corrected chi connectivity index (χ4v) is 4.40. The molecule has 3 aromatic carbocycles. The largest absolute Gasteiger partial charge is 0.461 e. The zero-order valence-corrected chi connectivity index (χ0v) is 20.5. The molecule has 2 unspecified atom stereocenters. The summed E-state index contributed by atoms with van der Waals surface area (Å²) < 4.78 is 101. The second-order valence-corrected chi connectivity index (χ2v) is 9.25. The lowest BCUT2D eigenvalue weighted by molar-refractivity contribution is -0.253. The van der Waals surface area contributed by atoms with Crippen molar-refractivity contribution in [1.29, 1.82) is 0 Å². The molecule has 0 aliphatic heterocycles. The van der Waals surface area contributed by atoms with Crippen molar-refractivity contribution >= 4 is 0 Å². The molecular weight excluding hydrogens is 531 g/mol. The third-order valence-corrected chi connectivity index (χ3v) is 6.34. The van der Waals surface area contributed by atoms with Gasteiger partial charge < -0.3 is 19.9 Å². The molecule has 0 amide bonds. The Morgan fingerprint density at radius 1 is 0.769 bits per heavy atom. The van der Waals surface area contributed by atoms with E-state index in [9.17, 15) is 35.8 Å². The van der Waals surface area contributed by atoms with E-state index in [1.54, 1.807) is 24.3 Å². The normalized spacial score (nSPS) is 15.5. The van der Waals surface area contributed by atoms with Crippen molar-refractivity contribution in [1.82, 2.24) is 5.32 Å². The van der Waals surface area contributed by atoms with Crippen molar-refractivity contribution in [2.24, 2.45) is 0 Å². The van der Waals surface area contributed by atoms with Crippen LogP contribution in [0.3, 0.4) is 0 Å². The maximum absolute atomic E-state index is 13.5. The molecule has 0 bridgehead atoms. The lowest BCUT2D eigenvalue weighted by atomic mass is 9.92. The van der Waals surface area contributed by atoms with Crippen molar-refractivity contribution in [3.05, 3.63) is 89.0 Å². The molecule has 4 nitrogen and oxygen atoms in total. The molecule has 3 aromatic rings. The van der Waals surface area contributed by atoms with Crippen molar-refractivity contribution in [2.75, 3.05) is 6.54 Å². The van der Waals surface area contributed by atoms with Crippen LogP contribution in [0, 0.1) is 0 Å². The Kier molecular flexibility index (Phi) is 8.70. The van der Waals surface area contributed by atoms with Crippen LogP contribution >= 0.6 is 0 Å². The molecular formula is C28H26F7NO3. The molecule has 210 valence electrons. The molecule has 2 atom stereocenters. The van der Waals surface area contributed by atoms with Crippen LogP contribution in [-0.4, -0.2) is 36.5 Å². The SMILES string of the molecule is OC(CNC(c1cccc(Oc2ccc3c(c2)CCCC3)c1)c1cccc(OC(F)(F)C(F)F)c1)C(F)(F)F. The number of aryl methyl sites for hydroxylation is 2. The summed E-state index contributed by atoms with van der Waals surface area (Å²) in [6, 6.07) is 15.8. The molecule has 0 spiro atoms. The fraction of sp³-hybridized carbons (Fsp3) is 0.357. The van der Waals surface area contributed by atoms with E-state index in [1.165, 1.54) is 23.3 Å². The van der Waals surface area contributed by atoms with E-state index in [1.807, 2.05) is 18.2 Å². The highest BCUT2D eigenvalue weighted by Crippen LogP contribution is 2.34. The minimum absolute atomic E-state index is 0.137. The molecule has 0 heterocycles. The monoisotopic (exact) mass is 557 g/mol. The van der Waals surface area contributed by atoms with Crippen LogP contribution in [0.4, 0.5) is 30.7 Å². The Morgan fingerprint density at radius 3 is 2.00 bits per heavy atom. The number of ether oxygens (including phenoxy) is 2. The molecule has 0 fully saturated rings. The molecule has 4 rings (SSSR count). The Labute approximate surface area is 220 Å². The molecule has 1 aliphatic carbocycles. The first-order valence-corrected chi connectivity index (χ1v) is 12.2. The first kappa shape index (κ1) is 28.7. The number of aliphatic hydroxyl groups excluding tert-OH is 1. The molecule has 11 heteroatoms. The van der Waals surface area contributed by atoms with Gasteiger partial charge in [-0.1, -0.05) is 30.3 Å². The maximum Gasteiger partial charge on any atom is 0.461 e. The topological polar surface area (TPSA) is 50.7 Å². The van der Waals surface area contributed by atoms with Gasteiger partial charge in [-0.15, -0.1) is 0 Å². The van der Waals surface area contributed by atoms with Crippen LogP contribution in [-0.2, 0) is 12.8 Å². The molecule has 2 N–H and O–H groups in total. The highest BCUT2D eigenvalue weighted by Gasteiger charge is 2.44. The van der Waals surface area contributed by atoms with Gasteiger partial charge in [0.2, 0.25) is 0 Å². The molecule has 0 saturated heterocycles. The zero-order valence-electron chi connectivity index (χ0n) is 20.5. The third kappa shape index (κ3) is 7.42. The number of halogens is 7. The molecule has 0 aromatic heterocycles. The summed E-state index contributed by atoms with van der Waals surface area (Å²) >= 11 is 0.